The second kappa shape index (κ2) is 22.1. The van der Waals surface area contributed by atoms with Gasteiger partial charge in [0.25, 0.3) is 8.32 Å². The molecule has 0 fully saturated rings. The summed E-state index contributed by atoms with van der Waals surface area (Å²) in [5, 5.41) is 13.2. The summed E-state index contributed by atoms with van der Waals surface area (Å²) >= 11 is 0. The lowest BCUT2D eigenvalue weighted by Gasteiger charge is -2.43. The summed E-state index contributed by atoms with van der Waals surface area (Å²) < 4.78 is 12.7. The fraction of sp³-hybridized carbons (Fsp3) is 0.684. The molecule has 0 spiro atoms. The molecule has 0 saturated carbocycles. The largest absolute Gasteiger partial charge is 0.405 e. The molecule has 2 rings (SSSR count). The molecule has 0 aliphatic rings. The van der Waals surface area contributed by atoms with Crippen molar-refractivity contribution in [2.75, 3.05) is 19.8 Å². The summed E-state index contributed by atoms with van der Waals surface area (Å²) in [6, 6.07) is 21.2. The van der Waals surface area contributed by atoms with Crippen molar-refractivity contribution in [1.29, 1.82) is 0 Å². The fourth-order valence-electron chi connectivity index (χ4n) is 6.18. The van der Waals surface area contributed by atoms with Crippen LogP contribution in [0.3, 0.4) is 0 Å². The van der Waals surface area contributed by atoms with Gasteiger partial charge in [0.05, 0.1) is 19.3 Å². The number of aliphatic hydroxyl groups excluding tert-OH is 1. The molecule has 2 aromatic rings. The van der Waals surface area contributed by atoms with Crippen LogP contribution in [0.1, 0.15) is 137 Å². The minimum Gasteiger partial charge on any atom is -0.405 e. The first-order chi connectivity index (χ1) is 20.4. The van der Waals surface area contributed by atoms with Crippen LogP contribution in [0.5, 0.6) is 0 Å². The monoisotopic (exact) mass is 596 g/mol. The molecule has 2 aromatic carbocycles. The van der Waals surface area contributed by atoms with Crippen molar-refractivity contribution >= 4 is 18.7 Å². The highest BCUT2D eigenvalue weighted by Crippen LogP contribution is 2.36. The van der Waals surface area contributed by atoms with Crippen molar-refractivity contribution in [3.8, 4) is 0 Å². The van der Waals surface area contributed by atoms with Crippen molar-refractivity contribution in [2.24, 2.45) is 0 Å². The molecule has 1 atom stereocenters. The van der Waals surface area contributed by atoms with Crippen molar-refractivity contribution < 1.29 is 14.3 Å². The van der Waals surface area contributed by atoms with Crippen molar-refractivity contribution in [3.05, 3.63) is 60.7 Å². The Balaban J connectivity index is 1.55. The molecule has 0 amide bonds. The van der Waals surface area contributed by atoms with Crippen molar-refractivity contribution in [1.82, 2.24) is 0 Å². The predicted molar refractivity (Wildman–Crippen MR) is 185 cm³/mol. The Labute approximate surface area is 261 Å². The maximum Gasteiger partial charge on any atom is 0.261 e. The van der Waals surface area contributed by atoms with E-state index in [-0.39, 0.29) is 11.6 Å². The van der Waals surface area contributed by atoms with Gasteiger partial charge < -0.3 is 14.3 Å². The Bertz CT molecular complexity index is 841. The number of benzene rings is 2. The van der Waals surface area contributed by atoms with Crippen LogP contribution in [0.4, 0.5) is 0 Å². The van der Waals surface area contributed by atoms with Gasteiger partial charge >= 0.3 is 0 Å². The third-order valence-corrected chi connectivity index (χ3v) is 13.6. The molecule has 1 N–H and O–H groups in total. The van der Waals surface area contributed by atoms with E-state index >= 15 is 0 Å². The Hall–Kier alpha value is -1.46. The van der Waals surface area contributed by atoms with Crippen LogP contribution in [0.15, 0.2) is 60.7 Å². The molecular weight excluding hydrogens is 533 g/mol. The van der Waals surface area contributed by atoms with Crippen LogP contribution in [0.25, 0.3) is 0 Å². The second-order valence-corrected chi connectivity index (χ2v) is 17.7. The number of unbranched alkanes of at least 4 members (excludes halogenated alkanes) is 16. The minimum atomic E-state index is -2.62. The van der Waals surface area contributed by atoms with E-state index in [1.54, 1.807) is 0 Å². The highest BCUT2D eigenvalue weighted by atomic mass is 28.4. The van der Waals surface area contributed by atoms with Gasteiger partial charge in [0.1, 0.15) is 0 Å². The summed E-state index contributed by atoms with van der Waals surface area (Å²) in [5.74, 6) is 0. The summed E-state index contributed by atoms with van der Waals surface area (Å²) in [5.41, 5.74) is 0. The standard InChI is InChI=1S/C38H64O3Si/c1-5-6-7-8-9-10-11-12-13-14-15-16-17-18-19-20-27-32-40-33-35(39)34-41-42(38(2,3)4,36-28-23-21-24-29-36)37-30-25-22-26-31-37/h21-26,28-31,35,39H,5-20,27,32-34H2,1-4H3/t35-/m1/s1. The van der Waals surface area contributed by atoms with E-state index in [9.17, 15) is 5.11 Å². The molecule has 0 radical (unpaired) electrons. The molecular formula is C38H64O3Si. The van der Waals surface area contributed by atoms with Gasteiger partial charge in [0.15, 0.2) is 0 Å². The summed E-state index contributed by atoms with van der Waals surface area (Å²) in [4.78, 5) is 0. The number of rotatable bonds is 25. The number of hydrogen-bond acceptors (Lipinski definition) is 3. The number of hydrogen-bond donors (Lipinski definition) is 1. The average molecular weight is 597 g/mol. The molecule has 0 heterocycles. The van der Waals surface area contributed by atoms with E-state index in [1.165, 1.54) is 113 Å². The minimum absolute atomic E-state index is 0.0937. The fourth-order valence-corrected chi connectivity index (χ4v) is 10.8. The Morgan fingerprint density at radius 1 is 0.571 bits per heavy atom. The van der Waals surface area contributed by atoms with Gasteiger partial charge in [-0.05, 0) is 21.8 Å². The number of aliphatic hydroxyl groups is 1. The molecule has 238 valence electrons. The topological polar surface area (TPSA) is 38.7 Å². The predicted octanol–water partition coefficient (Wildman–Crippen LogP) is 9.59. The third-order valence-electron chi connectivity index (χ3n) is 8.61. The van der Waals surface area contributed by atoms with Crippen LogP contribution in [0.2, 0.25) is 5.04 Å². The smallest absolute Gasteiger partial charge is 0.261 e. The van der Waals surface area contributed by atoms with Gasteiger partial charge in [-0.25, -0.2) is 0 Å². The van der Waals surface area contributed by atoms with Crippen LogP contribution in [-0.4, -0.2) is 39.3 Å². The van der Waals surface area contributed by atoms with E-state index in [0.717, 1.165) is 13.0 Å². The van der Waals surface area contributed by atoms with E-state index in [4.69, 9.17) is 9.16 Å². The molecule has 3 nitrogen and oxygen atoms in total. The highest BCUT2D eigenvalue weighted by molar-refractivity contribution is 6.99. The number of ether oxygens (including phenoxy) is 1. The second-order valence-electron chi connectivity index (χ2n) is 13.4. The Morgan fingerprint density at radius 2 is 0.952 bits per heavy atom. The zero-order valence-corrected chi connectivity index (χ0v) is 28.8. The van der Waals surface area contributed by atoms with Crippen LogP contribution in [0, 0.1) is 0 Å². The van der Waals surface area contributed by atoms with Crippen molar-refractivity contribution in [3.63, 3.8) is 0 Å². The van der Waals surface area contributed by atoms with Crippen LogP contribution in [-0.2, 0) is 9.16 Å². The SMILES string of the molecule is CCCCCCCCCCCCCCCCCCCOC[C@@H](O)CO[Si](c1ccccc1)(c1ccccc1)C(C)(C)C. The van der Waals surface area contributed by atoms with Crippen molar-refractivity contribution in [2.45, 2.75) is 148 Å². The van der Waals surface area contributed by atoms with E-state index < -0.39 is 14.4 Å². The van der Waals surface area contributed by atoms with Gasteiger partial charge in [0, 0.05) is 6.61 Å². The molecule has 0 saturated heterocycles. The van der Waals surface area contributed by atoms with Crippen LogP contribution < -0.4 is 10.4 Å². The average Bonchev–Trinajstić information content (AvgIpc) is 2.99. The van der Waals surface area contributed by atoms with E-state index in [0.29, 0.717) is 6.61 Å². The third kappa shape index (κ3) is 13.9. The first-order valence-corrected chi connectivity index (χ1v) is 19.3. The molecule has 42 heavy (non-hydrogen) atoms. The van der Waals surface area contributed by atoms with Gasteiger partial charge in [0.2, 0.25) is 0 Å². The summed E-state index contributed by atoms with van der Waals surface area (Å²) in [6.45, 7) is 10.4. The highest BCUT2D eigenvalue weighted by Gasteiger charge is 2.50. The summed E-state index contributed by atoms with van der Waals surface area (Å²) in [6.07, 6.45) is 22.7. The van der Waals surface area contributed by atoms with Gasteiger partial charge in [-0.15, -0.1) is 0 Å². The zero-order chi connectivity index (χ0) is 30.4. The first kappa shape index (κ1) is 36.7. The Morgan fingerprint density at radius 3 is 1.33 bits per heavy atom. The van der Waals surface area contributed by atoms with E-state index in [2.05, 4.69) is 88.4 Å². The maximum atomic E-state index is 10.8. The molecule has 0 aliphatic carbocycles. The summed E-state index contributed by atoms with van der Waals surface area (Å²) in [7, 11) is -2.62. The first-order valence-electron chi connectivity index (χ1n) is 17.4. The zero-order valence-electron chi connectivity index (χ0n) is 27.8. The molecule has 0 unspecified atom stereocenters. The van der Waals surface area contributed by atoms with Crippen LogP contribution >= 0.6 is 0 Å². The molecule has 4 heteroatoms. The lowest BCUT2D eigenvalue weighted by atomic mass is 10.0. The van der Waals surface area contributed by atoms with Gasteiger partial charge in [-0.1, -0.05) is 191 Å². The normalized spacial score (nSPS) is 13.0. The van der Waals surface area contributed by atoms with Gasteiger partial charge in [-0.3, -0.25) is 0 Å². The molecule has 0 aromatic heterocycles. The van der Waals surface area contributed by atoms with Gasteiger partial charge in [-0.2, -0.15) is 0 Å². The quantitative estimate of drug-likeness (QED) is 0.0916. The van der Waals surface area contributed by atoms with E-state index in [1.807, 2.05) is 0 Å². The molecule has 0 bridgehead atoms. The molecule has 0 aliphatic heterocycles. The lowest BCUT2D eigenvalue weighted by Crippen LogP contribution is -2.67. The maximum absolute atomic E-state index is 10.8. The lowest BCUT2D eigenvalue weighted by molar-refractivity contribution is 0.00890. The Kier molecular flexibility index (Phi) is 19.3.